The van der Waals surface area contributed by atoms with Crippen molar-refractivity contribution >= 4 is 33.2 Å². The van der Waals surface area contributed by atoms with Gasteiger partial charge in [-0.05, 0) is 55.3 Å². The molecular weight excluding hydrogens is 372 g/mol. The fraction of sp³-hybridized carbons (Fsp3) is 0.316. The van der Waals surface area contributed by atoms with Gasteiger partial charge in [-0.1, -0.05) is 31.5 Å². The first-order valence-corrected chi connectivity index (χ1v) is 10.2. The van der Waals surface area contributed by atoms with E-state index in [-0.39, 0.29) is 15.5 Å². The van der Waals surface area contributed by atoms with Crippen molar-refractivity contribution in [1.82, 2.24) is 4.31 Å². The Balaban J connectivity index is 2.39. The lowest BCUT2D eigenvalue weighted by Gasteiger charge is -2.19. The summed E-state index contributed by atoms with van der Waals surface area (Å²) in [6, 6.07) is 9.87. The molecule has 1 N–H and O–H groups in total. The molecule has 0 aliphatic rings. The quantitative estimate of drug-likeness (QED) is 0.796. The molecule has 0 unspecified atom stereocenters. The van der Waals surface area contributed by atoms with Crippen molar-refractivity contribution in [2.24, 2.45) is 0 Å². The summed E-state index contributed by atoms with van der Waals surface area (Å²) >= 11 is 6.15. The lowest BCUT2D eigenvalue weighted by Crippen LogP contribution is -2.30. The molecule has 2 rings (SSSR count). The van der Waals surface area contributed by atoms with Gasteiger partial charge < -0.3 is 5.32 Å². The number of carbonyl (C=O) groups is 1. The first-order valence-electron chi connectivity index (χ1n) is 8.38. The van der Waals surface area contributed by atoms with Crippen LogP contribution in [0.4, 0.5) is 5.69 Å². The van der Waals surface area contributed by atoms with E-state index < -0.39 is 15.9 Å². The molecule has 7 heteroatoms. The van der Waals surface area contributed by atoms with Gasteiger partial charge in [0, 0.05) is 18.8 Å². The van der Waals surface area contributed by atoms with Crippen LogP contribution in [0.2, 0.25) is 5.02 Å². The molecule has 0 heterocycles. The largest absolute Gasteiger partial charge is 0.322 e. The van der Waals surface area contributed by atoms with E-state index in [4.69, 9.17) is 11.6 Å². The third kappa shape index (κ3) is 4.44. The molecule has 0 bridgehead atoms. The number of sulfonamides is 1. The Morgan fingerprint density at radius 2 is 1.62 bits per heavy atom. The van der Waals surface area contributed by atoms with Gasteiger partial charge in [0.1, 0.15) is 0 Å². The second-order valence-electron chi connectivity index (χ2n) is 6.06. The predicted molar refractivity (Wildman–Crippen MR) is 105 cm³/mol. The molecule has 2 aromatic carbocycles. The van der Waals surface area contributed by atoms with Crippen LogP contribution in [0.25, 0.3) is 0 Å². The molecule has 2 aromatic rings. The number of anilines is 1. The van der Waals surface area contributed by atoms with Crippen LogP contribution in [0.5, 0.6) is 0 Å². The molecule has 0 radical (unpaired) electrons. The first kappa shape index (κ1) is 20.4. The third-order valence-corrected chi connectivity index (χ3v) is 6.38. The summed E-state index contributed by atoms with van der Waals surface area (Å²) in [5.41, 5.74) is 2.80. The molecule has 26 heavy (non-hydrogen) atoms. The summed E-state index contributed by atoms with van der Waals surface area (Å²) in [6.07, 6.45) is 0. The number of carbonyl (C=O) groups excluding carboxylic acids is 1. The number of nitrogens with one attached hydrogen (secondary N) is 1. The highest BCUT2D eigenvalue weighted by Gasteiger charge is 2.24. The minimum atomic E-state index is -3.67. The van der Waals surface area contributed by atoms with Gasteiger partial charge >= 0.3 is 0 Å². The Kier molecular flexibility index (Phi) is 6.44. The SMILES string of the molecule is CCN(CC)S(=O)(=O)c1ccc(Cl)c(C(=O)Nc2cc(C)cc(C)c2)c1. The number of aryl methyl sites for hydroxylation is 2. The summed E-state index contributed by atoms with van der Waals surface area (Å²) in [6.45, 7) is 8.12. The van der Waals surface area contributed by atoms with Crippen molar-refractivity contribution in [3.05, 3.63) is 58.1 Å². The number of hydrogen-bond donors (Lipinski definition) is 1. The van der Waals surface area contributed by atoms with Crippen LogP contribution < -0.4 is 5.32 Å². The molecule has 0 saturated carbocycles. The second kappa shape index (κ2) is 8.20. The van der Waals surface area contributed by atoms with Gasteiger partial charge in [0.2, 0.25) is 10.0 Å². The molecule has 0 saturated heterocycles. The molecule has 0 aromatic heterocycles. The number of rotatable bonds is 6. The van der Waals surface area contributed by atoms with Crippen LogP contribution in [-0.4, -0.2) is 31.7 Å². The normalized spacial score (nSPS) is 11.6. The molecule has 0 fully saturated rings. The van der Waals surface area contributed by atoms with Crippen LogP contribution in [0.3, 0.4) is 0 Å². The van der Waals surface area contributed by atoms with Crippen LogP contribution in [0.1, 0.15) is 35.3 Å². The van der Waals surface area contributed by atoms with Crippen molar-refractivity contribution in [1.29, 1.82) is 0 Å². The van der Waals surface area contributed by atoms with E-state index in [9.17, 15) is 13.2 Å². The Labute approximate surface area is 160 Å². The zero-order valence-corrected chi connectivity index (χ0v) is 16.9. The first-order chi connectivity index (χ1) is 12.2. The summed E-state index contributed by atoms with van der Waals surface area (Å²) in [4.78, 5) is 12.7. The topological polar surface area (TPSA) is 66.5 Å². The van der Waals surface area contributed by atoms with E-state index in [0.29, 0.717) is 18.8 Å². The zero-order chi connectivity index (χ0) is 19.5. The van der Waals surface area contributed by atoms with Gasteiger partial charge in [0.05, 0.1) is 15.5 Å². The Morgan fingerprint density at radius 3 is 2.15 bits per heavy atom. The van der Waals surface area contributed by atoms with Crippen molar-refractivity contribution in [3.63, 3.8) is 0 Å². The highest BCUT2D eigenvalue weighted by molar-refractivity contribution is 7.89. The fourth-order valence-corrected chi connectivity index (χ4v) is 4.48. The lowest BCUT2D eigenvalue weighted by molar-refractivity contribution is 0.102. The molecule has 0 atom stereocenters. The highest BCUT2D eigenvalue weighted by atomic mass is 35.5. The number of halogens is 1. The maximum absolute atomic E-state index is 12.7. The monoisotopic (exact) mass is 394 g/mol. The Hall–Kier alpha value is -1.89. The van der Waals surface area contributed by atoms with E-state index in [1.54, 1.807) is 13.8 Å². The zero-order valence-electron chi connectivity index (χ0n) is 15.3. The smallest absolute Gasteiger partial charge is 0.257 e. The van der Waals surface area contributed by atoms with E-state index in [1.165, 1.54) is 22.5 Å². The van der Waals surface area contributed by atoms with E-state index >= 15 is 0 Å². The molecule has 0 aliphatic heterocycles. The molecule has 0 spiro atoms. The molecule has 0 aliphatic carbocycles. The second-order valence-corrected chi connectivity index (χ2v) is 8.41. The van der Waals surface area contributed by atoms with Gasteiger partial charge in [0.25, 0.3) is 5.91 Å². The minimum Gasteiger partial charge on any atom is -0.322 e. The highest BCUT2D eigenvalue weighted by Crippen LogP contribution is 2.24. The average molecular weight is 395 g/mol. The average Bonchev–Trinajstić information content (AvgIpc) is 2.54. The van der Waals surface area contributed by atoms with E-state index in [2.05, 4.69) is 5.32 Å². The van der Waals surface area contributed by atoms with Crippen molar-refractivity contribution in [2.75, 3.05) is 18.4 Å². The number of amides is 1. The summed E-state index contributed by atoms with van der Waals surface area (Å²) in [7, 11) is -3.67. The fourth-order valence-electron chi connectivity index (χ4n) is 2.80. The van der Waals surface area contributed by atoms with Crippen LogP contribution in [0.15, 0.2) is 41.3 Å². The van der Waals surface area contributed by atoms with Gasteiger partial charge in [-0.2, -0.15) is 4.31 Å². The molecule has 5 nitrogen and oxygen atoms in total. The lowest BCUT2D eigenvalue weighted by atomic mass is 10.1. The summed E-state index contributed by atoms with van der Waals surface area (Å²) in [5, 5.41) is 2.98. The third-order valence-electron chi connectivity index (χ3n) is 4.01. The maximum atomic E-state index is 12.7. The van der Waals surface area contributed by atoms with Crippen LogP contribution in [0, 0.1) is 13.8 Å². The van der Waals surface area contributed by atoms with Crippen molar-refractivity contribution < 1.29 is 13.2 Å². The van der Waals surface area contributed by atoms with E-state index in [0.717, 1.165) is 11.1 Å². The van der Waals surface area contributed by atoms with Gasteiger partial charge in [-0.25, -0.2) is 8.42 Å². The van der Waals surface area contributed by atoms with Gasteiger partial charge in [0.15, 0.2) is 0 Å². The number of hydrogen-bond acceptors (Lipinski definition) is 3. The summed E-state index contributed by atoms with van der Waals surface area (Å²) in [5.74, 6) is -0.448. The maximum Gasteiger partial charge on any atom is 0.257 e. The Bertz CT molecular complexity index is 902. The van der Waals surface area contributed by atoms with Crippen molar-refractivity contribution in [2.45, 2.75) is 32.6 Å². The number of benzene rings is 2. The predicted octanol–water partition coefficient (Wildman–Crippen LogP) is 4.24. The van der Waals surface area contributed by atoms with Gasteiger partial charge in [-0.3, -0.25) is 4.79 Å². The molecular formula is C19H23ClN2O3S. The standard InChI is InChI=1S/C19H23ClN2O3S/c1-5-22(6-2)26(24,25)16-7-8-18(20)17(12-16)19(23)21-15-10-13(3)9-14(4)11-15/h7-12H,5-6H2,1-4H3,(H,21,23). The van der Waals surface area contributed by atoms with Crippen LogP contribution >= 0.6 is 11.6 Å². The number of nitrogens with zero attached hydrogens (tertiary/aromatic N) is 1. The van der Waals surface area contributed by atoms with E-state index in [1.807, 2.05) is 32.0 Å². The van der Waals surface area contributed by atoms with Crippen molar-refractivity contribution in [3.8, 4) is 0 Å². The van der Waals surface area contributed by atoms with Crippen LogP contribution in [-0.2, 0) is 10.0 Å². The summed E-state index contributed by atoms with van der Waals surface area (Å²) < 4.78 is 26.7. The molecule has 1 amide bonds. The minimum absolute atomic E-state index is 0.0520. The van der Waals surface area contributed by atoms with Gasteiger partial charge in [-0.15, -0.1) is 0 Å². The Morgan fingerprint density at radius 1 is 1.04 bits per heavy atom. The molecule has 140 valence electrons.